The molecule has 0 fully saturated rings. The molecular weight excluding hydrogens is 206 g/mol. The van der Waals surface area contributed by atoms with Crippen LogP contribution in [-0.4, -0.2) is 26.0 Å². The van der Waals surface area contributed by atoms with Crippen LogP contribution in [0.25, 0.3) is 11.2 Å². The standard InChI is InChI=1S/C6H5N5O2S/c7-5(12)13-6-10-3-2(4(14)11-6)8-1-9-3/h1H,(H2,7,12)(H2,8,9,10,11,14). The highest BCUT2D eigenvalue weighted by molar-refractivity contribution is 7.71. The Morgan fingerprint density at radius 3 is 3.14 bits per heavy atom. The van der Waals surface area contributed by atoms with Crippen molar-refractivity contribution in [1.82, 2.24) is 19.9 Å². The number of hydrogen-bond donors (Lipinski definition) is 3. The predicted molar refractivity (Wildman–Crippen MR) is 49.3 cm³/mol. The van der Waals surface area contributed by atoms with Gasteiger partial charge in [0, 0.05) is 0 Å². The van der Waals surface area contributed by atoms with Gasteiger partial charge in [-0.1, -0.05) is 12.2 Å². The number of fused-ring (bicyclic) bond motifs is 1. The lowest BCUT2D eigenvalue weighted by Gasteiger charge is -1.98. The molecule has 0 aliphatic heterocycles. The Kier molecular flexibility index (Phi) is 1.89. The topological polar surface area (TPSA) is 110 Å². The van der Waals surface area contributed by atoms with Crippen molar-refractivity contribution < 1.29 is 9.53 Å². The third kappa shape index (κ3) is 1.42. The molecule has 8 heteroatoms. The molecule has 0 radical (unpaired) electrons. The Morgan fingerprint density at radius 2 is 2.43 bits per heavy atom. The van der Waals surface area contributed by atoms with Gasteiger partial charge in [-0.3, -0.25) is 4.98 Å². The number of rotatable bonds is 1. The monoisotopic (exact) mass is 211 g/mol. The summed E-state index contributed by atoms with van der Waals surface area (Å²) in [5.41, 5.74) is 5.85. The number of imidazole rings is 1. The van der Waals surface area contributed by atoms with Crippen LogP contribution in [0.15, 0.2) is 6.33 Å². The quantitative estimate of drug-likeness (QED) is 0.594. The van der Waals surface area contributed by atoms with E-state index in [1.165, 1.54) is 6.33 Å². The van der Waals surface area contributed by atoms with Crippen LogP contribution in [0, 0.1) is 4.64 Å². The van der Waals surface area contributed by atoms with Gasteiger partial charge in [0.05, 0.1) is 6.33 Å². The van der Waals surface area contributed by atoms with Crippen molar-refractivity contribution in [3.8, 4) is 6.01 Å². The molecule has 4 N–H and O–H groups in total. The molecule has 72 valence electrons. The second-order valence-corrected chi connectivity index (χ2v) is 2.78. The highest BCUT2D eigenvalue weighted by Gasteiger charge is 2.05. The maximum atomic E-state index is 10.4. The average molecular weight is 211 g/mol. The summed E-state index contributed by atoms with van der Waals surface area (Å²) in [4.78, 5) is 23.5. The fraction of sp³-hybridized carbons (Fsp3) is 0. The number of ether oxygens (including phenoxy) is 1. The van der Waals surface area contributed by atoms with Crippen molar-refractivity contribution in [3.05, 3.63) is 11.0 Å². The highest BCUT2D eigenvalue weighted by Crippen LogP contribution is 2.10. The molecule has 0 bridgehead atoms. The normalized spacial score (nSPS) is 10.3. The molecule has 2 aromatic heterocycles. The molecule has 2 rings (SSSR count). The Labute approximate surface area is 82.3 Å². The third-order valence-electron chi connectivity index (χ3n) is 1.48. The molecule has 0 spiro atoms. The van der Waals surface area contributed by atoms with Crippen LogP contribution in [0.4, 0.5) is 4.79 Å². The first-order chi connectivity index (χ1) is 6.66. The number of primary amides is 1. The average Bonchev–Trinajstić information content (AvgIpc) is 2.50. The molecule has 0 unspecified atom stereocenters. The molecular formula is C6H5N5O2S. The van der Waals surface area contributed by atoms with Gasteiger partial charge in [0.2, 0.25) is 0 Å². The zero-order chi connectivity index (χ0) is 10.1. The largest absolute Gasteiger partial charge is 0.412 e. The van der Waals surface area contributed by atoms with Crippen molar-refractivity contribution in [3.63, 3.8) is 0 Å². The van der Waals surface area contributed by atoms with E-state index in [2.05, 4.69) is 24.7 Å². The SMILES string of the molecule is NC(=O)Oc1nc(=S)c2[nH]cnc2[nH]1. The molecule has 0 saturated heterocycles. The molecule has 0 atom stereocenters. The number of nitrogens with two attached hydrogens (primary N) is 1. The second kappa shape index (κ2) is 3.07. The summed E-state index contributed by atoms with van der Waals surface area (Å²) in [6, 6.07) is -0.0675. The summed E-state index contributed by atoms with van der Waals surface area (Å²) in [6.07, 6.45) is 0.491. The van der Waals surface area contributed by atoms with Crippen LogP contribution in [-0.2, 0) is 0 Å². The van der Waals surface area contributed by atoms with Crippen molar-refractivity contribution in [1.29, 1.82) is 0 Å². The minimum Gasteiger partial charge on any atom is -0.376 e. The first-order valence-electron chi connectivity index (χ1n) is 3.57. The van der Waals surface area contributed by atoms with E-state index in [9.17, 15) is 4.79 Å². The summed E-state index contributed by atoms with van der Waals surface area (Å²) in [5.74, 6) is 0. The number of nitrogens with zero attached hydrogens (tertiary/aromatic N) is 2. The summed E-state index contributed by atoms with van der Waals surface area (Å²) >= 11 is 4.91. The number of carbonyl (C=O) groups is 1. The van der Waals surface area contributed by atoms with Crippen LogP contribution in [0.1, 0.15) is 0 Å². The van der Waals surface area contributed by atoms with Crippen LogP contribution < -0.4 is 10.5 Å². The summed E-state index contributed by atoms with van der Waals surface area (Å²) in [7, 11) is 0. The minimum absolute atomic E-state index is 0.0675. The number of H-pyrrole nitrogens is 2. The van der Waals surface area contributed by atoms with Gasteiger partial charge in [0.1, 0.15) is 5.52 Å². The Hall–Kier alpha value is -1.96. The molecule has 0 aliphatic rings. The van der Waals surface area contributed by atoms with Gasteiger partial charge >= 0.3 is 12.1 Å². The molecule has 14 heavy (non-hydrogen) atoms. The smallest absolute Gasteiger partial charge is 0.376 e. The van der Waals surface area contributed by atoms with Gasteiger partial charge in [0.15, 0.2) is 10.3 Å². The number of hydrogen-bond acceptors (Lipinski definition) is 5. The van der Waals surface area contributed by atoms with Gasteiger partial charge in [-0.15, -0.1) is 0 Å². The zero-order valence-electron chi connectivity index (χ0n) is 6.77. The number of nitrogens with one attached hydrogen (secondary N) is 2. The van der Waals surface area contributed by atoms with Gasteiger partial charge in [-0.2, -0.15) is 4.98 Å². The summed E-state index contributed by atoms with van der Waals surface area (Å²) in [5, 5.41) is 0. The van der Waals surface area contributed by atoms with E-state index in [1.807, 2.05) is 0 Å². The molecule has 0 aromatic carbocycles. The molecule has 0 aliphatic carbocycles. The van der Waals surface area contributed by atoms with Crippen LogP contribution in [0.2, 0.25) is 0 Å². The molecule has 0 saturated carbocycles. The van der Waals surface area contributed by atoms with Gasteiger partial charge in [-0.05, 0) is 0 Å². The lowest BCUT2D eigenvalue weighted by Crippen LogP contribution is -2.17. The van der Waals surface area contributed by atoms with Crippen molar-refractivity contribution >= 4 is 29.5 Å². The number of amides is 1. The van der Waals surface area contributed by atoms with E-state index in [4.69, 9.17) is 18.0 Å². The van der Waals surface area contributed by atoms with Crippen molar-refractivity contribution in [2.45, 2.75) is 0 Å². The van der Waals surface area contributed by atoms with Crippen molar-refractivity contribution in [2.24, 2.45) is 5.73 Å². The molecule has 7 nitrogen and oxygen atoms in total. The summed E-state index contributed by atoms with van der Waals surface area (Å²) in [6.45, 7) is 0. The van der Waals surface area contributed by atoms with Gasteiger partial charge in [-0.25, -0.2) is 9.78 Å². The third-order valence-corrected chi connectivity index (χ3v) is 1.77. The van der Waals surface area contributed by atoms with Gasteiger partial charge in [0.25, 0.3) is 0 Å². The number of carbonyl (C=O) groups excluding carboxylic acids is 1. The van der Waals surface area contributed by atoms with E-state index in [0.29, 0.717) is 11.2 Å². The van der Waals surface area contributed by atoms with Crippen LogP contribution >= 0.6 is 12.2 Å². The second-order valence-electron chi connectivity index (χ2n) is 2.39. The maximum absolute atomic E-state index is 10.4. The lowest BCUT2D eigenvalue weighted by molar-refractivity contribution is 0.207. The molecule has 1 amide bonds. The first kappa shape index (κ1) is 8.63. The predicted octanol–water partition coefficient (Wildman–Crippen LogP) is 0.473. The minimum atomic E-state index is -0.960. The molecule has 2 aromatic rings. The fourth-order valence-corrected chi connectivity index (χ4v) is 1.21. The van der Waals surface area contributed by atoms with Crippen LogP contribution in [0.3, 0.4) is 0 Å². The highest BCUT2D eigenvalue weighted by atomic mass is 32.1. The Bertz CT molecular complexity index is 544. The first-order valence-corrected chi connectivity index (χ1v) is 3.98. The Balaban J connectivity index is 2.58. The van der Waals surface area contributed by atoms with E-state index >= 15 is 0 Å². The van der Waals surface area contributed by atoms with E-state index in [-0.39, 0.29) is 10.7 Å². The fourth-order valence-electron chi connectivity index (χ4n) is 0.973. The zero-order valence-corrected chi connectivity index (χ0v) is 7.59. The number of aromatic nitrogens is 4. The van der Waals surface area contributed by atoms with E-state index in [0.717, 1.165) is 0 Å². The number of aromatic amines is 2. The molecule has 2 heterocycles. The lowest BCUT2D eigenvalue weighted by atomic mass is 10.6. The van der Waals surface area contributed by atoms with E-state index < -0.39 is 6.09 Å². The van der Waals surface area contributed by atoms with Crippen molar-refractivity contribution in [2.75, 3.05) is 0 Å². The maximum Gasteiger partial charge on any atom is 0.412 e. The summed E-state index contributed by atoms with van der Waals surface area (Å²) < 4.78 is 4.78. The van der Waals surface area contributed by atoms with Crippen LogP contribution in [0.5, 0.6) is 6.01 Å². The van der Waals surface area contributed by atoms with E-state index in [1.54, 1.807) is 0 Å². The van der Waals surface area contributed by atoms with Gasteiger partial charge < -0.3 is 15.5 Å². The Morgan fingerprint density at radius 1 is 1.64 bits per heavy atom.